The summed E-state index contributed by atoms with van der Waals surface area (Å²) in [6.07, 6.45) is 1.34. The summed E-state index contributed by atoms with van der Waals surface area (Å²) in [5.41, 5.74) is 1.44. The molecule has 0 bridgehead atoms. The molecule has 0 fully saturated rings. The molecule has 15 heavy (non-hydrogen) atoms. The van der Waals surface area contributed by atoms with Gasteiger partial charge in [0.15, 0.2) is 11.2 Å². The van der Waals surface area contributed by atoms with Gasteiger partial charge in [0, 0.05) is 7.05 Å². The SMILES string of the molecule is C=COc1nc(C)nc2c1nc(C)n2C. The molecule has 0 radical (unpaired) electrons. The molecule has 5 heteroatoms. The molecule has 0 aliphatic heterocycles. The van der Waals surface area contributed by atoms with E-state index in [0.29, 0.717) is 17.2 Å². The maximum absolute atomic E-state index is 5.21. The lowest BCUT2D eigenvalue weighted by Crippen LogP contribution is -1.97. The van der Waals surface area contributed by atoms with Crippen molar-refractivity contribution in [2.75, 3.05) is 0 Å². The van der Waals surface area contributed by atoms with Crippen LogP contribution < -0.4 is 4.74 Å². The van der Waals surface area contributed by atoms with E-state index in [1.54, 1.807) is 0 Å². The highest BCUT2D eigenvalue weighted by Crippen LogP contribution is 2.21. The Balaban J connectivity index is 2.79. The van der Waals surface area contributed by atoms with Crippen LogP contribution in [0.5, 0.6) is 5.88 Å². The molecule has 2 heterocycles. The number of hydrogen-bond acceptors (Lipinski definition) is 4. The van der Waals surface area contributed by atoms with E-state index in [-0.39, 0.29) is 0 Å². The average molecular weight is 204 g/mol. The fourth-order valence-corrected chi connectivity index (χ4v) is 1.41. The molecule has 2 aromatic rings. The van der Waals surface area contributed by atoms with Gasteiger partial charge in [0.1, 0.15) is 11.6 Å². The first-order chi connectivity index (χ1) is 7.13. The molecule has 78 valence electrons. The molecule has 0 amide bonds. The molecule has 0 unspecified atom stereocenters. The van der Waals surface area contributed by atoms with Gasteiger partial charge in [0.2, 0.25) is 0 Å². The molecule has 2 aromatic heterocycles. The zero-order valence-electron chi connectivity index (χ0n) is 8.98. The lowest BCUT2D eigenvalue weighted by atomic mass is 10.5. The second-order valence-corrected chi connectivity index (χ2v) is 3.25. The Labute approximate surface area is 87.4 Å². The molecule has 0 aliphatic rings. The number of fused-ring (bicyclic) bond motifs is 1. The van der Waals surface area contributed by atoms with Crippen LogP contribution in [-0.4, -0.2) is 19.5 Å². The van der Waals surface area contributed by atoms with E-state index in [1.165, 1.54) is 6.26 Å². The first-order valence-electron chi connectivity index (χ1n) is 4.58. The van der Waals surface area contributed by atoms with Gasteiger partial charge in [0.25, 0.3) is 5.88 Å². The molecule has 0 saturated heterocycles. The van der Waals surface area contributed by atoms with E-state index < -0.39 is 0 Å². The summed E-state index contributed by atoms with van der Waals surface area (Å²) in [5, 5.41) is 0. The molecule has 2 rings (SSSR count). The predicted molar refractivity (Wildman–Crippen MR) is 56.6 cm³/mol. The minimum absolute atomic E-state index is 0.455. The van der Waals surface area contributed by atoms with E-state index in [9.17, 15) is 0 Å². The topological polar surface area (TPSA) is 52.8 Å². The molecule has 0 aromatic carbocycles. The Morgan fingerprint density at radius 3 is 2.67 bits per heavy atom. The number of ether oxygens (including phenoxy) is 1. The molecular weight excluding hydrogens is 192 g/mol. The molecule has 0 N–H and O–H groups in total. The highest BCUT2D eigenvalue weighted by Gasteiger charge is 2.13. The van der Waals surface area contributed by atoms with Crippen LogP contribution in [0, 0.1) is 13.8 Å². The van der Waals surface area contributed by atoms with E-state index >= 15 is 0 Å². The standard InChI is InChI=1S/C10H12N4O/c1-5-15-10-8-9(11-6(2)12-10)14(4)7(3)13-8/h5H,1H2,2-4H3. The number of imidazole rings is 1. The molecule has 0 atom stereocenters. The van der Waals surface area contributed by atoms with Gasteiger partial charge in [-0.05, 0) is 13.8 Å². The van der Waals surface area contributed by atoms with Gasteiger partial charge in [-0.2, -0.15) is 4.98 Å². The summed E-state index contributed by atoms with van der Waals surface area (Å²) < 4.78 is 7.11. The van der Waals surface area contributed by atoms with Crippen molar-refractivity contribution in [2.45, 2.75) is 13.8 Å². The van der Waals surface area contributed by atoms with Crippen LogP contribution in [0.25, 0.3) is 11.2 Å². The van der Waals surface area contributed by atoms with E-state index in [1.807, 2.05) is 25.5 Å². The van der Waals surface area contributed by atoms with Crippen LogP contribution in [-0.2, 0) is 7.05 Å². The summed E-state index contributed by atoms with van der Waals surface area (Å²) in [6.45, 7) is 7.23. The van der Waals surface area contributed by atoms with Crippen molar-refractivity contribution >= 4 is 11.2 Å². The van der Waals surface area contributed by atoms with Crippen LogP contribution >= 0.6 is 0 Å². The highest BCUT2D eigenvalue weighted by atomic mass is 16.5. The smallest absolute Gasteiger partial charge is 0.250 e. The summed E-state index contributed by atoms with van der Waals surface area (Å²) in [6, 6.07) is 0. The highest BCUT2D eigenvalue weighted by molar-refractivity contribution is 5.77. The van der Waals surface area contributed by atoms with Crippen molar-refractivity contribution < 1.29 is 4.74 Å². The summed E-state index contributed by atoms with van der Waals surface area (Å²) in [4.78, 5) is 12.8. The average Bonchev–Trinajstić information content (AvgIpc) is 2.46. The minimum Gasteiger partial charge on any atom is -0.445 e. The third-order valence-electron chi connectivity index (χ3n) is 2.22. The minimum atomic E-state index is 0.455. The molecule has 0 aliphatic carbocycles. The second-order valence-electron chi connectivity index (χ2n) is 3.25. The summed E-state index contributed by atoms with van der Waals surface area (Å²) in [7, 11) is 1.91. The molecule has 0 spiro atoms. The van der Waals surface area contributed by atoms with Gasteiger partial charge in [-0.25, -0.2) is 9.97 Å². The Hall–Kier alpha value is -1.91. The van der Waals surface area contributed by atoms with Crippen molar-refractivity contribution in [1.29, 1.82) is 0 Å². The van der Waals surface area contributed by atoms with E-state index in [2.05, 4.69) is 21.5 Å². The predicted octanol–water partition coefficient (Wildman–Crippen LogP) is 1.50. The number of rotatable bonds is 2. The summed E-state index contributed by atoms with van der Waals surface area (Å²) in [5.74, 6) is 1.98. The van der Waals surface area contributed by atoms with Crippen molar-refractivity contribution in [3.05, 3.63) is 24.5 Å². The number of aromatic nitrogens is 4. The Kier molecular flexibility index (Phi) is 2.15. The lowest BCUT2D eigenvalue weighted by Gasteiger charge is -2.01. The number of aryl methyl sites for hydroxylation is 3. The first-order valence-corrected chi connectivity index (χ1v) is 4.58. The third-order valence-corrected chi connectivity index (χ3v) is 2.22. The zero-order valence-corrected chi connectivity index (χ0v) is 8.98. The normalized spacial score (nSPS) is 10.6. The third kappa shape index (κ3) is 1.45. The maximum Gasteiger partial charge on any atom is 0.250 e. The van der Waals surface area contributed by atoms with Crippen LogP contribution in [0.15, 0.2) is 12.8 Å². The van der Waals surface area contributed by atoms with Crippen LogP contribution in [0.3, 0.4) is 0 Å². The molecule has 5 nitrogen and oxygen atoms in total. The largest absolute Gasteiger partial charge is 0.445 e. The van der Waals surface area contributed by atoms with Crippen molar-refractivity contribution in [3.8, 4) is 5.88 Å². The summed E-state index contributed by atoms with van der Waals surface area (Å²) >= 11 is 0. The monoisotopic (exact) mass is 204 g/mol. The molecule has 0 saturated carbocycles. The van der Waals surface area contributed by atoms with E-state index in [0.717, 1.165) is 11.5 Å². The fourth-order valence-electron chi connectivity index (χ4n) is 1.41. The van der Waals surface area contributed by atoms with Gasteiger partial charge < -0.3 is 9.30 Å². The van der Waals surface area contributed by atoms with Crippen molar-refractivity contribution in [3.63, 3.8) is 0 Å². The Bertz CT molecular complexity index is 530. The van der Waals surface area contributed by atoms with Gasteiger partial charge in [-0.15, -0.1) is 0 Å². The quantitative estimate of drug-likeness (QED) is 0.696. The van der Waals surface area contributed by atoms with Gasteiger partial charge in [0.05, 0.1) is 6.26 Å². The van der Waals surface area contributed by atoms with Crippen LogP contribution in [0.2, 0.25) is 0 Å². The van der Waals surface area contributed by atoms with Crippen LogP contribution in [0.4, 0.5) is 0 Å². The Morgan fingerprint density at radius 2 is 2.00 bits per heavy atom. The van der Waals surface area contributed by atoms with Gasteiger partial charge in [-0.3, -0.25) is 0 Å². The maximum atomic E-state index is 5.21. The number of nitrogens with zero attached hydrogens (tertiary/aromatic N) is 4. The van der Waals surface area contributed by atoms with Crippen LogP contribution in [0.1, 0.15) is 11.6 Å². The first kappa shape index (κ1) is 9.64. The van der Waals surface area contributed by atoms with E-state index in [4.69, 9.17) is 4.74 Å². The van der Waals surface area contributed by atoms with Crippen molar-refractivity contribution in [2.24, 2.45) is 7.05 Å². The Morgan fingerprint density at radius 1 is 1.27 bits per heavy atom. The molecular formula is C10H12N4O. The van der Waals surface area contributed by atoms with Gasteiger partial charge >= 0.3 is 0 Å². The van der Waals surface area contributed by atoms with Gasteiger partial charge in [-0.1, -0.05) is 6.58 Å². The second kappa shape index (κ2) is 3.34. The fraction of sp³-hybridized carbons (Fsp3) is 0.300. The lowest BCUT2D eigenvalue weighted by molar-refractivity contribution is 0.466. The van der Waals surface area contributed by atoms with Crippen molar-refractivity contribution in [1.82, 2.24) is 19.5 Å². The number of hydrogen-bond donors (Lipinski definition) is 0. The zero-order chi connectivity index (χ0) is 11.0.